The van der Waals surface area contributed by atoms with E-state index < -0.39 is 5.97 Å². The number of pyridine rings is 1. The van der Waals surface area contributed by atoms with E-state index in [0.717, 1.165) is 11.3 Å². The zero-order valence-electron chi connectivity index (χ0n) is 6.76. The van der Waals surface area contributed by atoms with Crippen LogP contribution in [0.2, 0.25) is 0 Å². The smallest absolute Gasteiger partial charge is 0.338 e. The fraction of sp³-hybridized carbons (Fsp3) is 0.250. The molecule has 0 spiro atoms. The number of aromatic nitrogens is 1. The summed E-state index contributed by atoms with van der Waals surface area (Å²) < 4.78 is 0.553. The Morgan fingerprint density at radius 1 is 1.58 bits per heavy atom. The van der Waals surface area contributed by atoms with Crippen LogP contribution >= 0.6 is 22.6 Å². The lowest BCUT2D eigenvalue weighted by atomic mass is 10.1. The molecule has 3 nitrogen and oxygen atoms in total. The third-order valence-electron chi connectivity index (χ3n) is 1.51. The summed E-state index contributed by atoms with van der Waals surface area (Å²) in [5, 5.41) is 8.79. The second-order valence-corrected chi connectivity index (χ2v) is 3.57. The number of hydrogen-bond donors (Lipinski definition) is 1. The highest BCUT2D eigenvalue weighted by atomic mass is 127. The minimum Gasteiger partial charge on any atom is -0.478 e. The first kappa shape index (κ1) is 9.44. The maximum Gasteiger partial charge on any atom is 0.338 e. The molecule has 64 valence electrons. The van der Waals surface area contributed by atoms with Gasteiger partial charge in [-0.2, -0.15) is 0 Å². The lowest BCUT2D eigenvalue weighted by Gasteiger charge is -2.03. The summed E-state index contributed by atoms with van der Waals surface area (Å²) in [7, 11) is 0. The average Bonchev–Trinajstić information content (AvgIpc) is 1.82. The van der Waals surface area contributed by atoms with Crippen molar-refractivity contribution in [3.8, 4) is 0 Å². The molecule has 12 heavy (non-hydrogen) atoms. The molecule has 1 N–H and O–H groups in total. The van der Waals surface area contributed by atoms with E-state index in [0.29, 0.717) is 9.26 Å². The minimum atomic E-state index is -0.913. The van der Waals surface area contributed by atoms with Gasteiger partial charge in [0.15, 0.2) is 0 Å². The van der Waals surface area contributed by atoms with Gasteiger partial charge in [0, 0.05) is 5.69 Å². The lowest BCUT2D eigenvalue weighted by Crippen LogP contribution is -2.05. The largest absolute Gasteiger partial charge is 0.478 e. The van der Waals surface area contributed by atoms with Gasteiger partial charge >= 0.3 is 5.97 Å². The molecular weight excluding hydrogens is 269 g/mol. The van der Waals surface area contributed by atoms with E-state index in [4.69, 9.17) is 5.11 Å². The molecule has 1 heterocycles. The van der Waals surface area contributed by atoms with Gasteiger partial charge in [-0.3, -0.25) is 0 Å². The van der Waals surface area contributed by atoms with Crippen LogP contribution in [0.15, 0.2) is 6.07 Å². The van der Waals surface area contributed by atoms with Gasteiger partial charge in [0.2, 0.25) is 0 Å². The number of halogens is 1. The van der Waals surface area contributed by atoms with Gasteiger partial charge in [-0.1, -0.05) is 0 Å². The first-order valence-electron chi connectivity index (χ1n) is 3.39. The van der Waals surface area contributed by atoms with Crippen molar-refractivity contribution in [2.24, 2.45) is 0 Å². The molecule has 0 fully saturated rings. The van der Waals surface area contributed by atoms with Crippen molar-refractivity contribution in [2.45, 2.75) is 13.8 Å². The zero-order chi connectivity index (χ0) is 9.30. The second-order valence-electron chi connectivity index (χ2n) is 2.55. The summed E-state index contributed by atoms with van der Waals surface area (Å²) >= 11 is 1.93. The molecule has 0 aliphatic heterocycles. The number of carbonyl (C=O) groups is 1. The highest BCUT2D eigenvalue weighted by molar-refractivity contribution is 14.1. The molecule has 0 aliphatic rings. The van der Waals surface area contributed by atoms with Crippen LogP contribution < -0.4 is 0 Å². The van der Waals surface area contributed by atoms with Crippen LogP contribution in [0.1, 0.15) is 21.6 Å². The lowest BCUT2D eigenvalue weighted by molar-refractivity contribution is 0.0694. The molecule has 4 heteroatoms. The van der Waals surface area contributed by atoms with Crippen LogP contribution in [0, 0.1) is 17.5 Å². The Balaban J connectivity index is 3.38. The van der Waals surface area contributed by atoms with E-state index >= 15 is 0 Å². The van der Waals surface area contributed by atoms with E-state index in [1.54, 1.807) is 13.0 Å². The van der Waals surface area contributed by atoms with Gasteiger partial charge in [0.25, 0.3) is 0 Å². The molecule has 0 aliphatic carbocycles. The van der Waals surface area contributed by atoms with Crippen molar-refractivity contribution in [1.29, 1.82) is 0 Å². The number of rotatable bonds is 1. The van der Waals surface area contributed by atoms with Crippen molar-refractivity contribution in [3.63, 3.8) is 0 Å². The van der Waals surface area contributed by atoms with E-state index in [1.807, 2.05) is 29.5 Å². The molecule has 1 rings (SSSR count). The quantitative estimate of drug-likeness (QED) is 0.631. The number of hydrogen-bond acceptors (Lipinski definition) is 2. The predicted octanol–water partition coefficient (Wildman–Crippen LogP) is 2.00. The average molecular weight is 277 g/mol. The Kier molecular flexibility index (Phi) is 2.66. The maximum absolute atomic E-state index is 10.7. The Labute approximate surface area is 84.0 Å². The van der Waals surface area contributed by atoms with E-state index in [9.17, 15) is 4.79 Å². The number of aryl methyl sites for hydroxylation is 2. The normalized spacial score (nSPS) is 9.92. The predicted molar refractivity (Wildman–Crippen MR) is 53.4 cm³/mol. The number of carboxylic acid groups (broad SMARTS) is 1. The van der Waals surface area contributed by atoms with E-state index in [1.165, 1.54) is 0 Å². The summed E-state index contributed by atoms with van der Waals surface area (Å²) in [6.45, 7) is 3.63. The van der Waals surface area contributed by atoms with Crippen molar-refractivity contribution in [3.05, 3.63) is 26.6 Å². The summed E-state index contributed by atoms with van der Waals surface area (Å²) in [6.07, 6.45) is 0. The SMILES string of the molecule is Cc1cc(C)c(C(=O)O)c(I)n1. The molecule has 0 amide bonds. The number of nitrogens with zero attached hydrogens (tertiary/aromatic N) is 1. The summed E-state index contributed by atoms with van der Waals surface area (Å²) in [5.74, 6) is -0.913. The van der Waals surface area contributed by atoms with Crippen LogP contribution in [0.4, 0.5) is 0 Å². The standard InChI is InChI=1S/C8H8INO2/c1-4-3-5(2)10-7(9)6(4)8(11)12/h3H,1-2H3,(H,11,12). The van der Waals surface area contributed by atoms with Crippen molar-refractivity contribution < 1.29 is 9.90 Å². The Morgan fingerprint density at radius 3 is 2.58 bits per heavy atom. The van der Waals surface area contributed by atoms with Gasteiger partial charge in [-0.05, 0) is 48.1 Å². The Bertz CT molecular complexity index is 313. The molecule has 0 bridgehead atoms. The molecule has 0 saturated carbocycles. The molecule has 0 unspecified atom stereocenters. The van der Waals surface area contributed by atoms with Gasteiger partial charge in [-0.25, -0.2) is 9.78 Å². The van der Waals surface area contributed by atoms with Crippen molar-refractivity contribution in [2.75, 3.05) is 0 Å². The maximum atomic E-state index is 10.7. The molecule has 0 saturated heterocycles. The van der Waals surface area contributed by atoms with E-state index in [-0.39, 0.29) is 0 Å². The van der Waals surface area contributed by atoms with Gasteiger partial charge in [0.1, 0.15) is 3.70 Å². The molecule has 0 atom stereocenters. The third-order valence-corrected chi connectivity index (χ3v) is 2.29. The fourth-order valence-electron chi connectivity index (χ4n) is 1.05. The highest BCUT2D eigenvalue weighted by Gasteiger charge is 2.12. The van der Waals surface area contributed by atoms with Gasteiger partial charge in [-0.15, -0.1) is 0 Å². The van der Waals surface area contributed by atoms with Crippen molar-refractivity contribution in [1.82, 2.24) is 4.98 Å². The molecule has 1 aromatic heterocycles. The van der Waals surface area contributed by atoms with Crippen LogP contribution in [0.5, 0.6) is 0 Å². The number of aromatic carboxylic acids is 1. The Hall–Kier alpha value is -0.650. The minimum absolute atomic E-state index is 0.307. The monoisotopic (exact) mass is 277 g/mol. The van der Waals surface area contributed by atoms with Gasteiger partial charge in [0.05, 0.1) is 5.56 Å². The molecule has 0 aromatic carbocycles. The topological polar surface area (TPSA) is 50.2 Å². The fourth-order valence-corrected chi connectivity index (χ4v) is 2.08. The molecular formula is C8H8INO2. The zero-order valence-corrected chi connectivity index (χ0v) is 8.92. The van der Waals surface area contributed by atoms with Crippen LogP contribution in [-0.4, -0.2) is 16.1 Å². The number of carboxylic acids is 1. The Morgan fingerprint density at radius 2 is 2.17 bits per heavy atom. The van der Waals surface area contributed by atoms with Crippen LogP contribution in [-0.2, 0) is 0 Å². The summed E-state index contributed by atoms with van der Waals surface area (Å²) in [5.41, 5.74) is 1.92. The van der Waals surface area contributed by atoms with Crippen LogP contribution in [0.25, 0.3) is 0 Å². The molecule has 0 radical (unpaired) electrons. The van der Waals surface area contributed by atoms with E-state index in [2.05, 4.69) is 4.98 Å². The van der Waals surface area contributed by atoms with Crippen LogP contribution in [0.3, 0.4) is 0 Å². The van der Waals surface area contributed by atoms with Crippen molar-refractivity contribution >= 4 is 28.6 Å². The molecule has 1 aromatic rings. The second kappa shape index (κ2) is 3.38. The third kappa shape index (κ3) is 1.74. The summed E-state index contributed by atoms with van der Waals surface area (Å²) in [4.78, 5) is 14.8. The van der Waals surface area contributed by atoms with Gasteiger partial charge < -0.3 is 5.11 Å². The first-order valence-corrected chi connectivity index (χ1v) is 4.47. The highest BCUT2D eigenvalue weighted by Crippen LogP contribution is 2.15. The summed E-state index contributed by atoms with van der Waals surface area (Å²) in [6, 6.07) is 1.77. The first-order chi connectivity index (χ1) is 5.52.